The molecule has 0 spiro atoms. The highest BCUT2D eigenvalue weighted by Crippen LogP contribution is 2.66. The molecule has 0 aromatic rings. The molecule has 7 rings (SSSR count). The zero-order chi connectivity index (χ0) is 33.1. The number of rotatable bonds is 5. The second kappa shape index (κ2) is 11.1. The summed E-state index contributed by atoms with van der Waals surface area (Å²) in [5, 5.41) is 63.2. The summed E-state index contributed by atoms with van der Waals surface area (Å²) in [6.45, 7) is 9.22. The molecule has 2 saturated carbocycles. The van der Waals surface area contributed by atoms with Crippen molar-refractivity contribution in [3.63, 3.8) is 0 Å². The average molecular weight is 649 g/mol. The first-order valence-corrected chi connectivity index (χ1v) is 17.3. The van der Waals surface area contributed by atoms with Crippen LogP contribution in [0, 0.1) is 40.4 Å². The molecule has 11 heteroatoms. The SMILES string of the molecule is CC(C)[C@@]1(O)[C@H]2OC(=O)[C@@H]([C@H]3CC[C@H]4C5=CC[C@H]6C[C@@H](O[C@@H]7O[C@H](CO)[C@@H](O)[C@H](O)[C@H]7O)CC[C@]6(C)C5=CC[C@]34C)[C@H]2O[C@@]1(C)O. The molecule has 3 saturated heterocycles. The summed E-state index contributed by atoms with van der Waals surface area (Å²) in [5.41, 5.74) is 0.816. The lowest BCUT2D eigenvalue weighted by molar-refractivity contribution is -0.314. The van der Waals surface area contributed by atoms with Crippen molar-refractivity contribution >= 4 is 5.97 Å². The van der Waals surface area contributed by atoms with E-state index in [2.05, 4.69) is 26.0 Å². The van der Waals surface area contributed by atoms with Gasteiger partial charge in [-0.25, -0.2) is 0 Å². The molecule has 0 amide bonds. The van der Waals surface area contributed by atoms with Crippen molar-refractivity contribution in [3.05, 3.63) is 23.3 Å². The number of ether oxygens (including phenoxy) is 4. The lowest BCUT2D eigenvalue weighted by atomic mass is 9.51. The van der Waals surface area contributed by atoms with Crippen molar-refractivity contribution in [2.75, 3.05) is 6.61 Å². The third kappa shape index (κ3) is 4.46. The topological polar surface area (TPSA) is 175 Å². The summed E-state index contributed by atoms with van der Waals surface area (Å²) in [5.74, 6) is -2.54. The third-order valence-electron chi connectivity index (χ3n) is 13.7. The van der Waals surface area contributed by atoms with Crippen LogP contribution in [-0.2, 0) is 23.7 Å². The Bertz CT molecular complexity index is 1290. The molecule has 0 aromatic carbocycles. The lowest BCUT2D eigenvalue weighted by Gasteiger charge is -2.54. The zero-order valence-corrected chi connectivity index (χ0v) is 27.5. The van der Waals surface area contributed by atoms with Crippen LogP contribution in [0.4, 0.5) is 0 Å². The summed E-state index contributed by atoms with van der Waals surface area (Å²) >= 11 is 0. The minimum absolute atomic E-state index is 0.0165. The Hall–Kier alpha value is -1.41. The van der Waals surface area contributed by atoms with Gasteiger partial charge in [-0.15, -0.1) is 0 Å². The quantitative estimate of drug-likeness (QED) is 0.240. The number of aliphatic hydroxyl groups is 6. The van der Waals surface area contributed by atoms with Crippen LogP contribution in [0.15, 0.2) is 23.3 Å². The van der Waals surface area contributed by atoms with Gasteiger partial charge in [-0.2, -0.15) is 0 Å². The lowest BCUT2D eigenvalue weighted by Crippen LogP contribution is -2.60. The van der Waals surface area contributed by atoms with E-state index in [0.717, 1.165) is 44.9 Å². The van der Waals surface area contributed by atoms with Crippen molar-refractivity contribution < 1.29 is 54.4 Å². The van der Waals surface area contributed by atoms with Gasteiger partial charge in [0.05, 0.1) is 18.6 Å². The molecule has 258 valence electrons. The highest BCUT2D eigenvalue weighted by atomic mass is 16.7. The molecular formula is C35H52O11. The molecule has 0 bridgehead atoms. The molecule has 6 N–H and O–H groups in total. The van der Waals surface area contributed by atoms with Crippen LogP contribution >= 0.6 is 0 Å². The van der Waals surface area contributed by atoms with Crippen LogP contribution in [0.1, 0.15) is 79.6 Å². The number of aliphatic hydroxyl groups excluding tert-OH is 4. The molecule has 0 aromatic heterocycles. The highest BCUT2D eigenvalue weighted by Gasteiger charge is 2.73. The van der Waals surface area contributed by atoms with E-state index in [4.69, 9.17) is 18.9 Å². The molecule has 4 aliphatic carbocycles. The van der Waals surface area contributed by atoms with Crippen molar-refractivity contribution in [2.45, 2.75) is 140 Å². The fraction of sp³-hybridized carbons (Fsp3) is 0.857. The molecule has 0 radical (unpaired) electrons. The minimum Gasteiger partial charge on any atom is -0.456 e. The maximum atomic E-state index is 13.5. The number of allylic oxidation sites excluding steroid dienone is 4. The molecule has 7 aliphatic rings. The standard InChI is InChI=1S/C35H52O11/c1-16(2)35(42)29-28(46-34(35,5)41)24(30(40)45-29)22-9-8-20-19-7-6-17-14-18(10-12-32(17,3)21(19)11-13-33(20,22)4)43-31-27(39)26(38)25(37)23(15-36)44-31/h7,11,16-18,20,22-29,31,36-39,41-42H,6,8-10,12-15H2,1-5H3/t17-,18-,20-,22+,23+,24-,25+,26-,27+,28+,29-,31+,32-,33-,34+,35+/m0/s1. The van der Waals surface area contributed by atoms with Crippen molar-refractivity contribution in [2.24, 2.45) is 40.4 Å². The van der Waals surface area contributed by atoms with E-state index in [1.54, 1.807) is 13.8 Å². The summed E-state index contributed by atoms with van der Waals surface area (Å²) in [6, 6.07) is 0. The molecule has 16 atom stereocenters. The molecular weight excluding hydrogens is 596 g/mol. The summed E-state index contributed by atoms with van der Waals surface area (Å²) < 4.78 is 23.8. The Balaban J connectivity index is 1.08. The van der Waals surface area contributed by atoms with Crippen LogP contribution in [-0.4, -0.2) is 104 Å². The first-order valence-electron chi connectivity index (χ1n) is 17.3. The fourth-order valence-electron chi connectivity index (χ4n) is 10.9. The largest absolute Gasteiger partial charge is 0.456 e. The number of esters is 1. The van der Waals surface area contributed by atoms with Gasteiger partial charge < -0.3 is 49.6 Å². The Morgan fingerprint density at radius 3 is 2.46 bits per heavy atom. The van der Waals surface area contributed by atoms with E-state index in [1.807, 2.05) is 0 Å². The van der Waals surface area contributed by atoms with Crippen LogP contribution in [0.25, 0.3) is 0 Å². The average Bonchev–Trinajstić information content (AvgIpc) is 3.58. The number of hydrogen-bond acceptors (Lipinski definition) is 11. The van der Waals surface area contributed by atoms with Gasteiger partial charge in [-0.3, -0.25) is 4.79 Å². The second-order valence-electron chi connectivity index (χ2n) is 16.2. The fourth-order valence-corrected chi connectivity index (χ4v) is 10.9. The number of carbonyl (C=O) groups is 1. The van der Waals surface area contributed by atoms with E-state index >= 15 is 0 Å². The van der Waals surface area contributed by atoms with Crippen molar-refractivity contribution in [1.29, 1.82) is 0 Å². The monoisotopic (exact) mass is 648 g/mol. The smallest absolute Gasteiger partial charge is 0.312 e. The number of carbonyl (C=O) groups excluding carboxylic acids is 1. The molecule has 11 nitrogen and oxygen atoms in total. The van der Waals surface area contributed by atoms with Crippen LogP contribution in [0.5, 0.6) is 0 Å². The molecule has 3 aliphatic heterocycles. The Morgan fingerprint density at radius 1 is 1.02 bits per heavy atom. The maximum Gasteiger partial charge on any atom is 0.312 e. The van der Waals surface area contributed by atoms with Gasteiger partial charge in [0.25, 0.3) is 0 Å². The summed E-state index contributed by atoms with van der Waals surface area (Å²) in [4.78, 5) is 13.5. The Kier molecular flexibility index (Phi) is 7.95. The molecule has 0 unspecified atom stereocenters. The first-order chi connectivity index (χ1) is 21.6. The molecule has 46 heavy (non-hydrogen) atoms. The van der Waals surface area contributed by atoms with E-state index in [9.17, 15) is 35.4 Å². The van der Waals surface area contributed by atoms with E-state index in [0.29, 0.717) is 5.92 Å². The van der Waals surface area contributed by atoms with Crippen molar-refractivity contribution in [3.8, 4) is 0 Å². The van der Waals surface area contributed by atoms with Gasteiger partial charge in [0, 0.05) is 0 Å². The van der Waals surface area contributed by atoms with Crippen LogP contribution < -0.4 is 0 Å². The summed E-state index contributed by atoms with van der Waals surface area (Å²) in [7, 11) is 0. The number of hydrogen-bond donors (Lipinski definition) is 6. The van der Waals surface area contributed by atoms with Gasteiger partial charge in [0.15, 0.2) is 23.8 Å². The van der Waals surface area contributed by atoms with Crippen LogP contribution in [0.3, 0.4) is 0 Å². The van der Waals surface area contributed by atoms with Gasteiger partial charge in [0.1, 0.15) is 30.5 Å². The van der Waals surface area contributed by atoms with E-state index < -0.39 is 66.8 Å². The van der Waals surface area contributed by atoms with E-state index in [1.165, 1.54) is 18.1 Å². The Morgan fingerprint density at radius 2 is 1.76 bits per heavy atom. The van der Waals surface area contributed by atoms with Crippen LogP contribution in [0.2, 0.25) is 0 Å². The first kappa shape index (κ1) is 33.1. The Labute approximate surface area is 270 Å². The summed E-state index contributed by atoms with van der Waals surface area (Å²) in [6.07, 6.45) is 2.37. The third-order valence-corrected chi connectivity index (χ3v) is 13.7. The zero-order valence-electron chi connectivity index (χ0n) is 27.5. The van der Waals surface area contributed by atoms with E-state index in [-0.39, 0.29) is 40.7 Å². The normalized spacial score (nSPS) is 54.8. The predicted molar refractivity (Wildman–Crippen MR) is 162 cm³/mol. The number of fused-ring (bicyclic) bond motifs is 6. The highest BCUT2D eigenvalue weighted by molar-refractivity contribution is 5.77. The minimum atomic E-state index is -1.82. The van der Waals surface area contributed by atoms with Gasteiger partial charge in [-0.05, 0) is 97.5 Å². The van der Waals surface area contributed by atoms with Gasteiger partial charge in [0.2, 0.25) is 0 Å². The second-order valence-corrected chi connectivity index (χ2v) is 16.2. The maximum absolute atomic E-state index is 13.5. The van der Waals surface area contributed by atoms with Crippen molar-refractivity contribution in [1.82, 2.24) is 0 Å². The van der Waals surface area contributed by atoms with Gasteiger partial charge in [-0.1, -0.05) is 39.8 Å². The molecule has 3 heterocycles. The van der Waals surface area contributed by atoms with Gasteiger partial charge >= 0.3 is 5.97 Å². The molecule has 5 fully saturated rings. The predicted octanol–water partition coefficient (Wildman–Crippen LogP) is 1.71.